The maximum atomic E-state index is 11.3. The predicted molar refractivity (Wildman–Crippen MR) is 58.6 cm³/mol. The molecule has 1 heterocycles. The zero-order valence-electron chi connectivity index (χ0n) is 8.39. The molecule has 15 heavy (non-hydrogen) atoms. The third-order valence-electron chi connectivity index (χ3n) is 2.83. The molecule has 2 rings (SSSR count). The maximum absolute atomic E-state index is 11.3. The lowest BCUT2D eigenvalue weighted by molar-refractivity contribution is 0.460. The zero-order valence-corrected chi connectivity index (χ0v) is 9.20. The highest BCUT2D eigenvalue weighted by Gasteiger charge is 2.28. The number of para-hydroxylation sites is 1. The van der Waals surface area contributed by atoms with Crippen LogP contribution in [0.4, 0.5) is 0 Å². The molecule has 0 aromatic heterocycles. The molecule has 1 aliphatic rings. The largest absolute Gasteiger partial charge is 0.508 e. The summed E-state index contributed by atoms with van der Waals surface area (Å²) in [5.74, 6) is 0.997. The number of benzene rings is 1. The number of phenolic OH excluding ortho intramolecular Hbond substituents is 1. The topological polar surface area (TPSA) is 54.4 Å². The summed E-state index contributed by atoms with van der Waals surface area (Å²) >= 11 is 0. The molecule has 82 valence electrons. The van der Waals surface area contributed by atoms with Crippen molar-refractivity contribution in [2.45, 2.75) is 12.8 Å². The van der Waals surface area contributed by atoms with Gasteiger partial charge in [-0.2, -0.15) is 0 Å². The van der Waals surface area contributed by atoms with E-state index >= 15 is 0 Å². The molecule has 3 nitrogen and oxygen atoms in total. The molecule has 0 aliphatic carbocycles. The van der Waals surface area contributed by atoms with Crippen LogP contribution in [0.25, 0.3) is 0 Å². The van der Waals surface area contributed by atoms with Crippen LogP contribution in [0, 0.1) is 5.92 Å². The Hall–Kier alpha value is -1.03. The molecule has 1 unspecified atom stereocenters. The fourth-order valence-electron chi connectivity index (χ4n) is 2.03. The van der Waals surface area contributed by atoms with Crippen LogP contribution < -0.4 is 0 Å². The van der Waals surface area contributed by atoms with Crippen molar-refractivity contribution in [3.05, 3.63) is 29.8 Å². The molecular formula is C11H14O3S. The highest BCUT2D eigenvalue weighted by molar-refractivity contribution is 7.91. The van der Waals surface area contributed by atoms with Crippen molar-refractivity contribution in [1.82, 2.24) is 0 Å². The van der Waals surface area contributed by atoms with Crippen LogP contribution in [-0.4, -0.2) is 25.0 Å². The summed E-state index contributed by atoms with van der Waals surface area (Å²) in [6.45, 7) is 0. The van der Waals surface area contributed by atoms with E-state index in [4.69, 9.17) is 0 Å². The average Bonchev–Trinajstić information content (AvgIpc) is 2.50. The first-order valence-corrected chi connectivity index (χ1v) is 6.86. The number of sulfone groups is 1. The van der Waals surface area contributed by atoms with Crippen molar-refractivity contribution in [1.29, 1.82) is 0 Å². The first-order chi connectivity index (χ1) is 7.07. The molecule has 1 aromatic carbocycles. The van der Waals surface area contributed by atoms with E-state index in [1.807, 2.05) is 12.1 Å². The fourth-order valence-corrected chi connectivity index (χ4v) is 3.89. The Morgan fingerprint density at radius 3 is 2.67 bits per heavy atom. The van der Waals surface area contributed by atoms with Crippen molar-refractivity contribution in [2.75, 3.05) is 11.5 Å². The molecule has 0 radical (unpaired) electrons. The second-order valence-electron chi connectivity index (χ2n) is 4.10. The van der Waals surface area contributed by atoms with Crippen molar-refractivity contribution in [3.8, 4) is 5.75 Å². The summed E-state index contributed by atoms with van der Waals surface area (Å²) in [7, 11) is -2.81. The van der Waals surface area contributed by atoms with Gasteiger partial charge >= 0.3 is 0 Å². The molecule has 0 saturated carbocycles. The van der Waals surface area contributed by atoms with Crippen LogP contribution in [-0.2, 0) is 16.3 Å². The minimum atomic E-state index is -2.81. The van der Waals surface area contributed by atoms with Crippen molar-refractivity contribution in [3.63, 3.8) is 0 Å². The van der Waals surface area contributed by atoms with Gasteiger partial charge in [0.05, 0.1) is 11.5 Å². The molecule has 1 aromatic rings. The van der Waals surface area contributed by atoms with Gasteiger partial charge in [0.15, 0.2) is 9.84 Å². The Balaban J connectivity index is 2.08. The molecule has 1 atom stereocenters. The highest BCUT2D eigenvalue weighted by Crippen LogP contribution is 2.26. The monoisotopic (exact) mass is 226 g/mol. The standard InChI is InChI=1S/C11H14O3S/c12-11-4-2-1-3-10(11)7-9-5-6-15(13,14)8-9/h1-4,9,12H,5-8H2. The van der Waals surface area contributed by atoms with Crippen LogP contribution in [0.5, 0.6) is 5.75 Å². The van der Waals surface area contributed by atoms with Gasteiger partial charge in [-0.1, -0.05) is 18.2 Å². The number of aromatic hydroxyl groups is 1. The van der Waals surface area contributed by atoms with Gasteiger partial charge in [-0.3, -0.25) is 0 Å². The van der Waals surface area contributed by atoms with Gasteiger partial charge in [0, 0.05) is 0 Å². The van der Waals surface area contributed by atoms with Crippen LogP contribution in [0.3, 0.4) is 0 Å². The van der Waals surface area contributed by atoms with E-state index in [2.05, 4.69) is 0 Å². The summed E-state index contributed by atoms with van der Waals surface area (Å²) in [5, 5.41) is 9.55. The minimum Gasteiger partial charge on any atom is -0.508 e. The summed E-state index contributed by atoms with van der Waals surface area (Å²) in [5.41, 5.74) is 0.847. The number of phenols is 1. The number of hydrogen-bond acceptors (Lipinski definition) is 3. The van der Waals surface area contributed by atoms with E-state index in [0.717, 1.165) is 12.0 Å². The Kier molecular flexibility index (Phi) is 2.69. The third kappa shape index (κ3) is 2.50. The van der Waals surface area contributed by atoms with E-state index < -0.39 is 9.84 Å². The second-order valence-corrected chi connectivity index (χ2v) is 6.33. The van der Waals surface area contributed by atoms with Gasteiger partial charge in [-0.15, -0.1) is 0 Å². The fraction of sp³-hybridized carbons (Fsp3) is 0.455. The van der Waals surface area contributed by atoms with Crippen LogP contribution in [0.2, 0.25) is 0 Å². The lowest BCUT2D eigenvalue weighted by atomic mass is 9.98. The van der Waals surface area contributed by atoms with Gasteiger partial charge in [-0.05, 0) is 30.4 Å². The van der Waals surface area contributed by atoms with Gasteiger partial charge < -0.3 is 5.11 Å². The average molecular weight is 226 g/mol. The van der Waals surface area contributed by atoms with Crippen LogP contribution >= 0.6 is 0 Å². The van der Waals surface area contributed by atoms with E-state index in [9.17, 15) is 13.5 Å². The van der Waals surface area contributed by atoms with Crippen molar-refractivity contribution in [2.24, 2.45) is 5.92 Å². The molecule has 0 amide bonds. The molecule has 1 saturated heterocycles. The Morgan fingerprint density at radius 1 is 1.33 bits per heavy atom. The molecule has 0 spiro atoms. The predicted octanol–water partition coefficient (Wildman–Crippen LogP) is 1.37. The third-order valence-corrected chi connectivity index (χ3v) is 4.66. The van der Waals surface area contributed by atoms with E-state index in [1.54, 1.807) is 12.1 Å². The van der Waals surface area contributed by atoms with E-state index in [1.165, 1.54) is 0 Å². The maximum Gasteiger partial charge on any atom is 0.150 e. The number of rotatable bonds is 2. The van der Waals surface area contributed by atoms with Gasteiger partial charge in [0.2, 0.25) is 0 Å². The lowest BCUT2D eigenvalue weighted by Gasteiger charge is -2.08. The summed E-state index contributed by atoms with van der Waals surface area (Å²) in [6.07, 6.45) is 1.38. The molecule has 1 aliphatic heterocycles. The molecular weight excluding hydrogens is 212 g/mol. The number of hydrogen-bond donors (Lipinski definition) is 1. The summed E-state index contributed by atoms with van der Waals surface area (Å²) in [4.78, 5) is 0. The second kappa shape index (κ2) is 3.85. The summed E-state index contributed by atoms with van der Waals surface area (Å²) in [6, 6.07) is 7.11. The first-order valence-electron chi connectivity index (χ1n) is 5.04. The minimum absolute atomic E-state index is 0.170. The van der Waals surface area contributed by atoms with Gasteiger partial charge in [0.1, 0.15) is 5.75 Å². The van der Waals surface area contributed by atoms with Crippen molar-refractivity contribution < 1.29 is 13.5 Å². The van der Waals surface area contributed by atoms with E-state index in [-0.39, 0.29) is 17.4 Å². The quantitative estimate of drug-likeness (QED) is 0.828. The zero-order chi connectivity index (χ0) is 10.9. The molecule has 4 heteroatoms. The van der Waals surface area contributed by atoms with Crippen molar-refractivity contribution >= 4 is 9.84 Å². The summed E-state index contributed by atoms with van der Waals surface area (Å²) < 4.78 is 22.5. The van der Waals surface area contributed by atoms with Crippen LogP contribution in [0.1, 0.15) is 12.0 Å². The Morgan fingerprint density at radius 2 is 2.07 bits per heavy atom. The molecule has 1 fully saturated rings. The SMILES string of the molecule is O=S1(=O)CCC(Cc2ccccc2O)C1. The Bertz CT molecular complexity index is 451. The molecule has 1 N–H and O–H groups in total. The van der Waals surface area contributed by atoms with E-state index in [0.29, 0.717) is 12.2 Å². The van der Waals surface area contributed by atoms with Gasteiger partial charge in [0.25, 0.3) is 0 Å². The molecule has 0 bridgehead atoms. The van der Waals surface area contributed by atoms with Crippen LogP contribution in [0.15, 0.2) is 24.3 Å². The lowest BCUT2D eigenvalue weighted by Crippen LogP contribution is -2.07. The Labute approximate surface area is 89.7 Å². The smallest absolute Gasteiger partial charge is 0.150 e. The van der Waals surface area contributed by atoms with Gasteiger partial charge in [-0.25, -0.2) is 8.42 Å². The normalized spacial score (nSPS) is 24.1. The highest BCUT2D eigenvalue weighted by atomic mass is 32.2. The first kappa shape index (κ1) is 10.5.